The molecule has 0 aliphatic carbocycles. The van der Waals surface area contributed by atoms with Gasteiger partial charge in [-0.15, -0.1) is 0 Å². The fourth-order valence-electron chi connectivity index (χ4n) is 2.60. The lowest BCUT2D eigenvalue weighted by Crippen LogP contribution is -2.40. The zero-order valence-corrected chi connectivity index (χ0v) is 13.0. The molecule has 1 atom stereocenters. The number of hydrogen-bond donors (Lipinski definition) is 1. The van der Waals surface area contributed by atoms with Crippen LogP contribution in [0.5, 0.6) is 0 Å². The summed E-state index contributed by atoms with van der Waals surface area (Å²) in [6, 6.07) is 5.72. The van der Waals surface area contributed by atoms with Crippen LogP contribution in [0.3, 0.4) is 0 Å². The number of nitrogens with zero attached hydrogens (tertiary/aromatic N) is 2. The van der Waals surface area contributed by atoms with Crippen LogP contribution in [0.2, 0.25) is 0 Å². The van der Waals surface area contributed by atoms with Gasteiger partial charge in [0, 0.05) is 25.7 Å². The molecule has 21 heavy (non-hydrogen) atoms. The monoisotopic (exact) mass is 311 g/mol. The third-order valence-electron chi connectivity index (χ3n) is 3.56. The van der Waals surface area contributed by atoms with E-state index >= 15 is 0 Å². The largest absolute Gasteiger partial charge is 0.334 e. The van der Waals surface area contributed by atoms with Gasteiger partial charge in [0.05, 0.1) is 18.0 Å². The number of nitrogens with one attached hydrogen (secondary N) is 1. The fourth-order valence-corrected chi connectivity index (χ4v) is 3.07. The van der Waals surface area contributed by atoms with Gasteiger partial charge in [-0.05, 0) is 31.4 Å². The van der Waals surface area contributed by atoms with Crippen molar-refractivity contribution in [2.24, 2.45) is 0 Å². The van der Waals surface area contributed by atoms with Crippen molar-refractivity contribution in [1.29, 1.82) is 0 Å². The standard InChI is InChI=1S/C14H21N3O3S/c1-21(19,20)16-10-8-14(18)17-11-5-3-7-13(17)12-6-2-4-9-15-12/h2,4,6,9,13,16H,3,5,7-8,10-11H2,1H3. The zero-order valence-electron chi connectivity index (χ0n) is 12.2. The Hall–Kier alpha value is -1.47. The Morgan fingerprint density at radius 1 is 1.43 bits per heavy atom. The predicted molar refractivity (Wildman–Crippen MR) is 80.0 cm³/mol. The van der Waals surface area contributed by atoms with Gasteiger partial charge in [-0.25, -0.2) is 13.1 Å². The molecule has 1 unspecified atom stereocenters. The van der Waals surface area contributed by atoms with Crippen molar-refractivity contribution in [3.05, 3.63) is 30.1 Å². The van der Waals surface area contributed by atoms with E-state index in [1.807, 2.05) is 23.1 Å². The third kappa shape index (κ3) is 4.78. The summed E-state index contributed by atoms with van der Waals surface area (Å²) < 4.78 is 24.4. The Morgan fingerprint density at radius 3 is 2.90 bits per heavy atom. The number of sulfonamides is 1. The molecular weight excluding hydrogens is 290 g/mol. The van der Waals surface area contributed by atoms with E-state index < -0.39 is 10.0 Å². The van der Waals surface area contributed by atoms with E-state index in [0.29, 0.717) is 6.54 Å². The summed E-state index contributed by atoms with van der Waals surface area (Å²) in [6.07, 6.45) is 5.97. The average Bonchev–Trinajstić information content (AvgIpc) is 2.47. The molecule has 1 N–H and O–H groups in total. The molecule has 1 fully saturated rings. The highest BCUT2D eigenvalue weighted by molar-refractivity contribution is 7.88. The van der Waals surface area contributed by atoms with Crippen LogP contribution in [-0.4, -0.2) is 43.6 Å². The number of aromatic nitrogens is 1. The number of rotatable bonds is 5. The number of amides is 1. The molecule has 2 rings (SSSR count). The summed E-state index contributed by atoms with van der Waals surface area (Å²) in [5.74, 6) is -0.0264. The topological polar surface area (TPSA) is 79.4 Å². The number of pyridine rings is 1. The van der Waals surface area contributed by atoms with Crippen molar-refractivity contribution in [2.75, 3.05) is 19.3 Å². The van der Waals surface area contributed by atoms with Crippen LogP contribution in [0.4, 0.5) is 0 Å². The summed E-state index contributed by atoms with van der Waals surface area (Å²) in [4.78, 5) is 18.5. The maximum atomic E-state index is 12.3. The molecule has 0 aromatic carbocycles. The molecule has 1 saturated heterocycles. The number of piperidine rings is 1. The lowest BCUT2D eigenvalue weighted by Gasteiger charge is -2.35. The normalized spacial score (nSPS) is 19.5. The fraction of sp³-hybridized carbons (Fsp3) is 0.571. The molecule has 1 aromatic rings. The van der Waals surface area contributed by atoms with Crippen LogP contribution >= 0.6 is 0 Å². The Morgan fingerprint density at radius 2 is 2.24 bits per heavy atom. The predicted octanol–water partition coefficient (Wildman–Crippen LogP) is 1.07. The quantitative estimate of drug-likeness (QED) is 0.882. The van der Waals surface area contributed by atoms with Crippen LogP contribution < -0.4 is 4.72 Å². The SMILES string of the molecule is CS(=O)(=O)NCCC(=O)N1CCCCC1c1ccccn1. The molecule has 1 amide bonds. The van der Waals surface area contributed by atoms with E-state index in [2.05, 4.69) is 9.71 Å². The number of hydrogen-bond acceptors (Lipinski definition) is 4. The van der Waals surface area contributed by atoms with Gasteiger partial charge in [-0.1, -0.05) is 6.07 Å². The smallest absolute Gasteiger partial charge is 0.224 e. The molecule has 0 radical (unpaired) electrons. The number of carbonyl (C=O) groups excluding carboxylic acids is 1. The Bertz CT molecular complexity index is 574. The van der Waals surface area contributed by atoms with Crippen molar-refractivity contribution >= 4 is 15.9 Å². The summed E-state index contributed by atoms with van der Waals surface area (Å²) in [5.41, 5.74) is 0.904. The molecular formula is C14H21N3O3S. The second-order valence-corrected chi connectivity index (χ2v) is 7.10. The van der Waals surface area contributed by atoms with Gasteiger partial charge in [0.25, 0.3) is 0 Å². The highest BCUT2D eigenvalue weighted by Crippen LogP contribution is 2.29. The molecule has 0 bridgehead atoms. The molecule has 0 saturated carbocycles. The minimum atomic E-state index is -3.25. The van der Waals surface area contributed by atoms with E-state index in [1.165, 1.54) is 0 Å². The zero-order chi connectivity index (χ0) is 15.3. The van der Waals surface area contributed by atoms with Crippen molar-refractivity contribution in [3.63, 3.8) is 0 Å². The van der Waals surface area contributed by atoms with Crippen molar-refractivity contribution in [2.45, 2.75) is 31.7 Å². The van der Waals surface area contributed by atoms with E-state index in [0.717, 1.165) is 31.2 Å². The molecule has 1 aliphatic rings. The summed E-state index contributed by atoms with van der Waals surface area (Å²) >= 11 is 0. The molecule has 1 aliphatic heterocycles. The summed E-state index contributed by atoms with van der Waals surface area (Å²) in [7, 11) is -3.25. The molecule has 1 aromatic heterocycles. The molecule has 0 spiro atoms. The minimum Gasteiger partial charge on any atom is -0.334 e. The van der Waals surface area contributed by atoms with Crippen LogP contribution in [0.25, 0.3) is 0 Å². The van der Waals surface area contributed by atoms with Gasteiger partial charge in [-0.3, -0.25) is 9.78 Å². The highest BCUT2D eigenvalue weighted by Gasteiger charge is 2.28. The Labute approximate surface area is 125 Å². The maximum Gasteiger partial charge on any atom is 0.224 e. The number of likely N-dealkylation sites (tertiary alicyclic amines) is 1. The first-order valence-electron chi connectivity index (χ1n) is 7.12. The van der Waals surface area contributed by atoms with Crippen molar-refractivity contribution in [1.82, 2.24) is 14.6 Å². The minimum absolute atomic E-state index is 0.00526. The molecule has 116 valence electrons. The first-order valence-corrected chi connectivity index (χ1v) is 9.01. The summed E-state index contributed by atoms with van der Waals surface area (Å²) in [5, 5.41) is 0. The molecule has 2 heterocycles. The van der Waals surface area contributed by atoms with Crippen molar-refractivity contribution < 1.29 is 13.2 Å². The van der Waals surface area contributed by atoms with Gasteiger partial charge in [0.15, 0.2) is 0 Å². The van der Waals surface area contributed by atoms with Gasteiger partial charge in [-0.2, -0.15) is 0 Å². The van der Waals surface area contributed by atoms with E-state index in [-0.39, 0.29) is 24.9 Å². The van der Waals surface area contributed by atoms with Crippen LogP contribution in [-0.2, 0) is 14.8 Å². The van der Waals surface area contributed by atoms with Gasteiger partial charge in [0.2, 0.25) is 15.9 Å². The summed E-state index contributed by atoms with van der Waals surface area (Å²) in [6.45, 7) is 0.849. The van der Waals surface area contributed by atoms with Gasteiger partial charge >= 0.3 is 0 Å². The van der Waals surface area contributed by atoms with Gasteiger partial charge in [0.1, 0.15) is 0 Å². The molecule has 7 heteroatoms. The lowest BCUT2D eigenvalue weighted by molar-refractivity contribution is -0.135. The first kappa shape index (κ1) is 15.9. The van der Waals surface area contributed by atoms with E-state index in [9.17, 15) is 13.2 Å². The number of carbonyl (C=O) groups is 1. The Kier molecular flexibility index (Phi) is 5.30. The second-order valence-electron chi connectivity index (χ2n) is 5.27. The highest BCUT2D eigenvalue weighted by atomic mass is 32.2. The Balaban J connectivity index is 2.00. The third-order valence-corrected chi connectivity index (χ3v) is 4.28. The van der Waals surface area contributed by atoms with Crippen molar-refractivity contribution in [3.8, 4) is 0 Å². The van der Waals surface area contributed by atoms with Crippen LogP contribution in [0.1, 0.15) is 37.4 Å². The lowest BCUT2D eigenvalue weighted by atomic mass is 9.98. The first-order chi connectivity index (χ1) is 9.97. The van der Waals surface area contributed by atoms with E-state index in [1.54, 1.807) is 6.20 Å². The van der Waals surface area contributed by atoms with Crippen LogP contribution in [0, 0.1) is 0 Å². The van der Waals surface area contributed by atoms with Crippen LogP contribution in [0.15, 0.2) is 24.4 Å². The molecule has 6 nitrogen and oxygen atoms in total. The maximum absolute atomic E-state index is 12.3. The average molecular weight is 311 g/mol. The van der Waals surface area contributed by atoms with E-state index in [4.69, 9.17) is 0 Å². The second kappa shape index (κ2) is 7.00. The van der Waals surface area contributed by atoms with Gasteiger partial charge < -0.3 is 4.90 Å².